The topological polar surface area (TPSA) is 38.3 Å². The maximum Gasteiger partial charge on any atom is 0.416 e. The molecule has 1 N–H and O–H groups in total. The molecule has 0 atom stereocenters. The van der Waals surface area contributed by atoms with Crippen LogP contribution in [0.4, 0.5) is 18.9 Å². The lowest BCUT2D eigenvalue weighted by molar-refractivity contribution is -0.137. The average molecular weight is 323 g/mol. The second-order valence-electron chi connectivity index (χ2n) is 5.13. The number of carbonyl (C=O) groups is 1. The molecule has 2 rings (SSSR count). The van der Waals surface area contributed by atoms with Gasteiger partial charge in [0, 0.05) is 5.69 Å². The second kappa shape index (κ2) is 6.73. The lowest BCUT2D eigenvalue weighted by Gasteiger charge is -2.12. The van der Waals surface area contributed by atoms with E-state index in [2.05, 4.69) is 5.32 Å². The molecule has 3 nitrogen and oxygen atoms in total. The summed E-state index contributed by atoms with van der Waals surface area (Å²) < 4.78 is 42.9. The number of rotatable bonds is 4. The van der Waals surface area contributed by atoms with Crippen LogP contribution >= 0.6 is 0 Å². The third kappa shape index (κ3) is 4.48. The predicted octanol–water partition coefficient (Wildman–Crippen LogP) is 4.34. The molecule has 0 heterocycles. The molecule has 6 heteroatoms. The number of para-hydroxylation sites is 1. The molecule has 0 saturated heterocycles. The summed E-state index contributed by atoms with van der Waals surface area (Å²) in [6.07, 6.45) is -4.39. The molecule has 0 radical (unpaired) electrons. The van der Waals surface area contributed by atoms with Gasteiger partial charge in [-0.1, -0.05) is 18.2 Å². The quantitative estimate of drug-likeness (QED) is 0.909. The first-order chi connectivity index (χ1) is 10.8. The summed E-state index contributed by atoms with van der Waals surface area (Å²) in [5.41, 5.74) is 1.34. The fourth-order valence-electron chi connectivity index (χ4n) is 2.10. The number of carbonyl (C=O) groups excluding carboxylic acids is 1. The zero-order chi connectivity index (χ0) is 17.0. The molecule has 1 amide bonds. The van der Waals surface area contributed by atoms with Gasteiger partial charge in [-0.05, 0) is 49.2 Å². The Morgan fingerprint density at radius 2 is 1.61 bits per heavy atom. The molecule has 23 heavy (non-hydrogen) atoms. The fourth-order valence-corrected chi connectivity index (χ4v) is 2.10. The summed E-state index contributed by atoms with van der Waals surface area (Å²) in [5.74, 6) is 0.197. The Hall–Kier alpha value is -2.50. The molecule has 0 bridgehead atoms. The lowest BCUT2D eigenvalue weighted by Crippen LogP contribution is -2.20. The van der Waals surface area contributed by atoms with Crippen molar-refractivity contribution in [2.24, 2.45) is 0 Å². The Labute approximate surface area is 132 Å². The number of benzene rings is 2. The summed E-state index contributed by atoms with van der Waals surface area (Å²) in [7, 11) is 0. The highest BCUT2D eigenvalue weighted by Gasteiger charge is 2.29. The first-order valence-electron chi connectivity index (χ1n) is 6.93. The van der Waals surface area contributed by atoms with Gasteiger partial charge >= 0.3 is 6.18 Å². The maximum absolute atomic E-state index is 12.5. The van der Waals surface area contributed by atoms with Gasteiger partial charge in [-0.15, -0.1) is 0 Å². The van der Waals surface area contributed by atoms with Crippen molar-refractivity contribution >= 4 is 11.6 Å². The minimum atomic E-state index is -4.39. The Morgan fingerprint density at radius 1 is 1.04 bits per heavy atom. The van der Waals surface area contributed by atoms with Crippen LogP contribution in [0.5, 0.6) is 5.75 Å². The molecule has 0 aliphatic rings. The molecule has 0 aliphatic heterocycles. The van der Waals surface area contributed by atoms with E-state index >= 15 is 0 Å². The molecule has 122 valence electrons. The summed E-state index contributed by atoms with van der Waals surface area (Å²) in [6, 6.07) is 9.88. The third-order valence-electron chi connectivity index (χ3n) is 3.25. The van der Waals surface area contributed by atoms with Crippen molar-refractivity contribution in [3.63, 3.8) is 0 Å². The molecule has 0 spiro atoms. The van der Waals surface area contributed by atoms with Crippen LogP contribution in [0.2, 0.25) is 0 Å². The van der Waals surface area contributed by atoms with Crippen LogP contribution in [0.15, 0.2) is 42.5 Å². The largest absolute Gasteiger partial charge is 0.483 e. The Kier molecular flexibility index (Phi) is 4.93. The molecule has 2 aromatic rings. The van der Waals surface area contributed by atoms with Crippen molar-refractivity contribution in [1.82, 2.24) is 0 Å². The van der Waals surface area contributed by atoms with Gasteiger partial charge in [0.05, 0.1) is 5.56 Å². The molecule has 0 aliphatic carbocycles. The van der Waals surface area contributed by atoms with Gasteiger partial charge in [-0.2, -0.15) is 13.2 Å². The van der Waals surface area contributed by atoms with E-state index in [1.807, 2.05) is 32.0 Å². The summed E-state index contributed by atoms with van der Waals surface area (Å²) in [6.45, 7) is 3.53. The van der Waals surface area contributed by atoms with Crippen LogP contribution in [0.3, 0.4) is 0 Å². The predicted molar refractivity (Wildman–Crippen MR) is 81.5 cm³/mol. The molecule has 2 aromatic carbocycles. The average Bonchev–Trinajstić information content (AvgIpc) is 2.46. The van der Waals surface area contributed by atoms with Gasteiger partial charge < -0.3 is 10.1 Å². The molecule has 0 saturated carbocycles. The number of hydrogen-bond acceptors (Lipinski definition) is 2. The minimum absolute atomic E-state index is 0.216. The number of amides is 1. The van der Waals surface area contributed by atoms with Crippen molar-refractivity contribution in [3.8, 4) is 5.75 Å². The van der Waals surface area contributed by atoms with Crippen LogP contribution in [-0.4, -0.2) is 12.5 Å². The van der Waals surface area contributed by atoms with Crippen LogP contribution in [0, 0.1) is 13.8 Å². The summed E-state index contributed by atoms with van der Waals surface area (Å²) in [5, 5.41) is 2.50. The highest BCUT2D eigenvalue weighted by Crippen LogP contribution is 2.29. The molecule has 0 unspecified atom stereocenters. The van der Waals surface area contributed by atoms with E-state index in [1.54, 1.807) is 0 Å². The number of alkyl halides is 3. The van der Waals surface area contributed by atoms with Gasteiger partial charge in [0.2, 0.25) is 0 Å². The monoisotopic (exact) mass is 323 g/mol. The van der Waals surface area contributed by atoms with E-state index in [1.165, 1.54) is 12.1 Å². The van der Waals surface area contributed by atoms with Crippen molar-refractivity contribution in [2.45, 2.75) is 20.0 Å². The number of halogens is 3. The number of nitrogens with one attached hydrogen (secondary N) is 1. The maximum atomic E-state index is 12.5. The SMILES string of the molecule is Cc1cccc(C)c1OCC(=O)Nc1ccc(C(F)(F)F)cc1. The van der Waals surface area contributed by atoms with E-state index in [9.17, 15) is 18.0 Å². The Balaban J connectivity index is 1.95. The van der Waals surface area contributed by atoms with Gasteiger partial charge in [0.1, 0.15) is 5.75 Å². The highest BCUT2D eigenvalue weighted by molar-refractivity contribution is 5.91. The van der Waals surface area contributed by atoms with Crippen LogP contribution in [0.25, 0.3) is 0 Å². The van der Waals surface area contributed by atoms with Crippen molar-refractivity contribution in [3.05, 3.63) is 59.2 Å². The van der Waals surface area contributed by atoms with Crippen molar-refractivity contribution in [2.75, 3.05) is 11.9 Å². The number of hydrogen-bond donors (Lipinski definition) is 1. The van der Waals surface area contributed by atoms with Gasteiger partial charge in [0.15, 0.2) is 6.61 Å². The lowest BCUT2D eigenvalue weighted by atomic mass is 10.1. The van der Waals surface area contributed by atoms with E-state index < -0.39 is 17.6 Å². The number of aryl methyl sites for hydroxylation is 2. The standard InChI is InChI=1S/C17H16F3NO2/c1-11-4-3-5-12(2)16(11)23-10-15(22)21-14-8-6-13(7-9-14)17(18,19)20/h3-9H,10H2,1-2H3,(H,21,22). The molecular weight excluding hydrogens is 307 g/mol. The molecule has 0 fully saturated rings. The van der Waals surface area contributed by atoms with Crippen molar-refractivity contribution in [1.29, 1.82) is 0 Å². The van der Waals surface area contributed by atoms with E-state index in [4.69, 9.17) is 4.74 Å². The number of anilines is 1. The first kappa shape index (κ1) is 16.9. The van der Waals surface area contributed by atoms with Gasteiger partial charge in [-0.3, -0.25) is 4.79 Å². The fraction of sp³-hybridized carbons (Fsp3) is 0.235. The first-order valence-corrected chi connectivity index (χ1v) is 6.93. The Morgan fingerprint density at radius 3 is 2.13 bits per heavy atom. The normalized spacial score (nSPS) is 11.2. The number of ether oxygens (including phenoxy) is 1. The van der Waals surface area contributed by atoms with Crippen molar-refractivity contribution < 1.29 is 22.7 Å². The van der Waals surface area contributed by atoms with E-state index in [0.29, 0.717) is 5.75 Å². The van der Waals surface area contributed by atoms with E-state index in [0.717, 1.165) is 23.3 Å². The molecular formula is C17H16F3NO2. The third-order valence-corrected chi connectivity index (χ3v) is 3.25. The van der Waals surface area contributed by atoms with Gasteiger partial charge in [0.25, 0.3) is 5.91 Å². The smallest absolute Gasteiger partial charge is 0.416 e. The summed E-state index contributed by atoms with van der Waals surface area (Å²) >= 11 is 0. The zero-order valence-corrected chi connectivity index (χ0v) is 12.7. The van der Waals surface area contributed by atoms with Crippen LogP contribution < -0.4 is 10.1 Å². The van der Waals surface area contributed by atoms with Crippen LogP contribution in [0.1, 0.15) is 16.7 Å². The van der Waals surface area contributed by atoms with Gasteiger partial charge in [-0.25, -0.2) is 0 Å². The van der Waals surface area contributed by atoms with Crippen LogP contribution in [-0.2, 0) is 11.0 Å². The summed E-state index contributed by atoms with van der Waals surface area (Å²) in [4.78, 5) is 11.8. The molecule has 0 aromatic heterocycles. The highest BCUT2D eigenvalue weighted by atomic mass is 19.4. The Bertz CT molecular complexity index is 674. The van der Waals surface area contributed by atoms with E-state index in [-0.39, 0.29) is 12.3 Å². The second-order valence-corrected chi connectivity index (χ2v) is 5.13. The minimum Gasteiger partial charge on any atom is -0.483 e. The zero-order valence-electron chi connectivity index (χ0n) is 12.7.